The van der Waals surface area contributed by atoms with Crippen LogP contribution in [0, 0.1) is 6.92 Å². The van der Waals surface area contributed by atoms with Gasteiger partial charge in [-0.2, -0.15) is 13.2 Å². The number of aryl methyl sites for hydroxylation is 1. The maximum Gasteiger partial charge on any atom is 0.416 e. The zero-order valence-corrected chi connectivity index (χ0v) is 14.8. The fraction of sp³-hybridized carbons (Fsp3) is 0.150. The highest BCUT2D eigenvalue weighted by atomic mass is 19.4. The molecule has 1 amide bonds. The Bertz CT molecular complexity index is 1070. The number of hydrogen-bond acceptors (Lipinski definition) is 3. The van der Waals surface area contributed by atoms with Crippen LogP contribution in [0.1, 0.15) is 27.2 Å². The molecule has 0 spiro atoms. The van der Waals surface area contributed by atoms with Crippen LogP contribution in [-0.4, -0.2) is 15.5 Å². The van der Waals surface area contributed by atoms with Crippen molar-refractivity contribution in [1.82, 2.24) is 9.55 Å². The van der Waals surface area contributed by atoms with Gasteiger partial charge >= 0.3 is 6.18 Å². The smallest absolute Gasteiger partial charge is 0.310 e. The average molecular weight is 387 g/mol. The highest BCUT2D eigenvalue weighted by Crippen LogP contribution is 2.29. The van der Waals surface area contributed by atoms with Crippen molar-refractivity contribution in [2.75, 3.05) is 5.32 Å². The molecule has 8 heteroatoms. The fourth-order valence-electron chi connectivity index (χ4n) is 2.67. The van der Waals surface area contributed by atoms with Crippen LogP contribution < -0.4 is 10.9 Å². The lowest BCUT2D eigenvalue weighted by molar-refractivity contribution is -0.137. The van der Waals surface area contributed by atoms with Crippen LogP contribution >= 0.6 is 0 Å². The van der Waals surface area contributed by atoms with Gasteiger partial charge in [0.2, 0.25) is 0 Å². The van der Waals surface area contributed by atoms with E-state index in [1.807, 2.05) is 0 Å². The van der Waals surface area contributed by atoms with E-state index in [9.17, 15) is 22.8 Å². The van der Waals surface area contributed by atoms with E-state index in [2.05, 4.69) is 10.3 Å². The quantitative estimate of drug-likeness (QED) is 0.739. The Labute approximate surface area is 158 Å². The number of aromatic nitrogens is 2. The third kappa shape index (κ3) is 4.46. The second-order valence-corrected chi connectivity index (χ2v) is 6.17. The van der Waals surface area contributed by atoms with Crippen molar-refractivity contribution in [2.24, 2.45) is 0 Å². The van der Waals surface area contributed by atoms with Gasteiger partial charge < -0.3 is 9.88 Å². The van der Waals surface area contributed by atoms with Crippen molar-refractivity contribution in [3.63, 3.8) is 0 Å². The molecule has 144 valence electrons. The predicted octanol–water partition coefficient (Wildman–Crippen LogP) is 3.87. The molecule has 0 aliphatic heterocycles. The van der Waals surface area contributed by atoms with Crippen molar-refractivity contribution >= 4 is 11.7 Å². The highest BCUT2D eigenvalue weighted by molar-refractivity contribution is 6.03. The largest absolute Gasteiger partial charge is 0.416 e. The van der Waals surface area contributed by atoms with Crippen molar-refractivity contribution in [3.8, 4) is 0 Å². The molecule has 1 N–H and O–H groups in total. The molecular formula is C20H16F3N3O2. The van der Waals surface area contributed by atoms with Crippen LogP contribution in [-0.2, 0) is 12.7 Å². The molecule has 2 aromatic heterocycles. The molecular weight excluding hydrogens is 371 g/mol. The van der Waals surface area contributed by atoms with Gasteiger partial charge in [-0.15, -0.1) is 0 Å². The number of carbonyl (C=O) groups excluding carboxylic acids is 1. The highest BCUT2D eigenvalue weighted by Gasteiger charge is 2.30. The van der Waals surface area contributed by atoms with Crippen molar-refractivity contribution in [1.29, 1.82) is 0 Å². The molecule has 0 atom stereocenters. The number of benzene rings is 1. The van der Waals surface area contributed by atoms with Gasteiger partial charge in [-0.1, -0.05) is 18.2 Å². The summed E-state index contributed by atoms with van der Waals surface area (Å²) in [5.74, 6) is -0.334. The summed E-state index contributed by atoms with van der Waals surface area (Å²) in [6.45, 7) is 1.67. The summed E-state index contributed by atoms with van der Waals surface area (Å²) in [6, 6.07) is 12.6. The molecule has 5 nitrogen and oxygen atoms in total. The number of alkyl halides is 3. The summed E-state index contributed by atoms with van der Waals surface area (Å²) in [5.41, 5.74) is -0.525. The van der Waals surface area contributed by atoms with Crippen molar-refractivity contribution < 1.29 is 18.0 Å². The zero-order chi connectivity index (χ0) is 20.3. The minimum atomic E-state index is -4.47. The Morgan fingerprint density at radius 2 is 1.86 bits per heavy atom. The molecule has 0 unspecified atom stereocenters. The van der Waals surface area contributed by atoms with Crippen LogP contribution in [0.2, 0.25) is 0 Å². The van der Waals surface area contributed by atoms with Gasteiger partial charge in [-0.25, -0.2) is 4.98 Å². The van der Waals surface area contributed by atoms with E-state index < -0.39 is 23.2 Å². The summed E-state index contributed by atoms with van der Waals surface area (Å²) >= 11 is 0. The van der Waals surface area contributed by atoms with Gasteiger partial charge in [0.15, 0.2) is 0 Å². The van der Waals surface area contributed by atoms with Gasteiger partial charge in [-0.3, -0.25) is 9.59 Å². The molecule has 2 heterocycles. The van der Waals surface area contributed by atoms with E-state index in [4.69, 9.17) is 0 Å². The first-order chi connectivity index (χ1) is 13.2. The first-order valence-electron chi connectivity index (χ1n) is 8.34. The summed E-state index contributed by atoms with van der Waals surface area (Å²) in [5, 5.41) is 2.55. The predicted molar refractivity (Wildman–Crippen MR) is 98.2 cm³/mol. The normalized spacial score (nSPS) is 11.3. The third-order valence-electron chi connectivity index (χ3n) is 4.00. The minimum Gasteiger partial charge on any atom is -0.310 e. The van der Waals surface area contributed by atoms with Crippen LogP contribution in [0.3, 0.4) is 0 Å². The van der Waals surface area contributed by atoms with E-state index in [-0.39, 0.29) is 12.1 Å². The molecule has 0 saturated heterocycles. The number of carbonyl (C=O) groups is 1. The second-order valence-electron chi connectivity index (χ2n) is 6.17. The maximum absolute atomic E-state index is 12.9. The van der Waals surface area contributed by atoms with E-state index in [0.717, 1.165) is 12.1 Å². The number of halogens is 3. The molecule has 0 saturated carbocycles. The molecule has 3 rings (SSSR count). The van der Waals surface area contributed by atoms with E-state index in [1.54, 1.807) is 25.1 Å². The van der Waals surface area contributed by atoms with Crippen molar-refractivity contribution in [3.05, 3.63) is 93.5 Å². The molecule has 1 aromatic carbocycles. The number of rotatable bonds is 4. The third-order valence-corrected chi connectivity index (χ3v) is 4.00. The molecule has 0 bridgehead atoms. The Kier molecular flexibility index (Phi) is 5.30. The Balaban J connectivity index is 1.85. The number of anilines is 1. The standard InChI is InChI=1S/C20H16F3N3O2/c1-13-5-2-9-17(24-13)25-18(27)16-8-4-10-26(19(16)28)12-14-6-3-7-15(11-14)20(21,22)23/h2-11H,12H2,1H3,(H,24,25,27). The van der Waals surface area contributed by atoms with Gasteiger partial charge in [0, 0.05) is 11.9 Å². The second kappa shape index (κ2) is 7.67. The Morgan fingerprint density at radius 1 is 1.11 bits per heavy atom. The number of amides is 1. The molecule has 0 aliphatic rings. The topological polar surface area (TPSA) is 64.0 Å². The van der Waals surface area contributed by atoms with Gasteiger partial charge in [0.25, 0.3) is 11.5 Å². The van der Waals surface area contributed by atoms with E-state index in [0.29, 0.717) is 17.1 Å². The Morgan fingerprint density at radius 3 is 2.57 bits per heavy atom. The van der Waals surface area contributed by atoms with Gasteiger partial charge in [-0.05, 0) is 48.9 Å². The summed E-state index contributed by atoms with van der Waals surface area (Å²) in [6.07, 6.45) is -3.05. The summed E-state index contributed by atoms with van der Waals surface area (Å²) in [7, 11) is 0. The fourth-order valence-corrected chi connectivity index (χ4v) is 2.67. The van der Waals surface area contributed by atoms with Crippen LogP contribution in [0.4, 0.5) is 19.0 Å². The molecule has 0 aliphatic carbocycles. The number of nitrogens with zero attached hydrogens (tertiary/aromatic N) is 2. The lowest BCUT2D eigenvalue weighted by Crippen LogP contribution is -2.29. The SMILES string of the molecule is Cc1cccc(NC(=O)c2cccn(Cc3cccc(C(F)(F)F)c3)c2=O)n1. The molecule has 3 aromatic rings. The monoisotopic (exact) mass is 387 g/mol. The van der Waals surface area contributed by atoms with Crippen LogP contribution in [0.25, 0.3) is 0 Å². The summed E-state index contributed by atoms with van der Waals surface area (Å²) < 4.78 is 39.8. The molecule has 0 radical (unpaired) electrons. The minimum absolute atomic E-state index is 0.0907. The maximum atomic E-state index is 12.9. The first-order valence-corrected chi connectivity index (χ1v) is 8.34. The lowest BCUT2D eigenvalue weighted by atomic mass is 10.1. The number of hydrogen-bond donors (Lipinski definition) is 1. The van der Waals surface area contributed by atoms with Crippen molar-refractivity contribution in [2.45, 2.75) is 19.6 Å². The average Bonchev–Trinajstić information content (AvgIpc) is 2.63. The zero-order valence-electron chi connectivity index (χ0n) is 14.8. The molecule has 28 heavy (non-hydrogen) atoms. The van der Waals surface area contributed by atoms with Gasteiger partial charge in [0.1, 0.15) is 11.4 Å². The Hall–Kier alpha value is -3.42. The summed E-state index contributed by atoms with van der Waals surface area (Å²) in [4.78, 5) is 29.2. The lowest BCUT2D eigenvalue weighted by Gasteiger charge is -2.11. The van der Waals surface area contributed by atoms with Crippen LogP contribution in [0.5, 0.6) is 0 Å². The molecule has 0 fully saturated rings. The van der Waals surface area contributed by atoms with Crippen LogP contribution in [0.15, 0.2) is 65.6 Å². The first kappa shape index (κ1) is 19.3. The number of nitrogens with one attached hydrogen (secondary N) is 1. The van der Waals surface area contributed by atoms with Gasteiger partial charge in [0.05, 0.1) is 12.1 Å². The van der Waals surface area contributed by atoms with E-state index in [1.165, 1.54) is 35.0 Å². The van der Waals surface area contributed by atoms with E-state index >= 15 is 0 Å². The number of pyridine rings is 2.